The maximum atomic E-state index is 3.77. The first kappa shape index (κ1) is 35.2. The van der Waals surface area contributed by atoms with Crippen molar-refractivity contribution in [1.82, 2.24) is 5.32 Å². The number of benzene rings is 1. The van der Waals surface area contributed by atoms with Gasteiger partial charge in [0.2, 0.25) is 0 Å². The van der Waals surface area contributed by atoms with Crippen LogP contribution in [0.15, 0.2) is 30.3 Å². The summed E-state index contributed by atoms with van der Waals surface area (Å²) in [6.07, 6.45) is 29.8. The molecule has 0 aliphatic rings. The molecule has 0 aliphatic carbocycles. The van der Waals surface area contributed by atoms with Gasteiger partial charge in [0.05, 0.1) is 19.6 Å². The molecule has 0 aromatic heterocycles. The molecule has 0 unspecified atom stereocenters. The largest absolute Gasteiger partial charge is 0.320 e. The zero-order valence-corrected chi connectivity index (χ0v) is 26.4. The first-order chi connectivity index (χ1) is 18.8. The molecule has 0 saturated carbocycles. The van der Waals surface area contributed by atoms with Crippen LogP contribution in [0.3, 0.4) is 0 Å². The topological polar surface area (TPSA) is 12.0 Å². The van der Waals surface area contributed by atoms with Crippen LogP contribution < -0.4 is 5.32 Å². The van der Waals surface area contributed by atoms with Crippen molar-refractivity contribution in [1.29, 1.82) is 0 Å². The van der Waals surface area contributed by atoms with Crippen LogP contribution >= 0.6 is 0 Å². The molecular formula is C36H69N2+. The molecule has 1 N–H and O–H groups in total. The van der Waals surface area contributed by atoms with Gasteiger partial charge in [-0.3, -0.25) is 0 Å². The van der Waals surface area contributed by atoms with E-state index in [1.165, 1.54) is 184 Å². The second-order valence-corrected chi connectivity index (χ2v) is 12.3. The van der Waals surface area contributed by atoms with Crippen LogP contribution in [-0.2, 0) is 6.54 Å². The van der Waals surface area contributed by atoms with Gasteiger partial charge in [-0.05, 0) is 25.8 Å². The van der Waals surface area contributed by atoms with Gasteiger partial charge in [-0.15, -0.1) is 0 Å². The van der Waals surface area contributed by atoms with Crippen LogP contribution in [0, 0.1) is 0 Å². The lowest BCUT2D eigenvalue weighted by Gasteiger charge is -2.39. The Balaban J connectivity index is 2.04. The molecule has 1 aromatic rings. The van der Waals surface area contributed by atoms with Crippen LogP contribution in [0.25, 0.3) is 0 Å². The summed E-state index contributed by atoms with van der Waals surface area (Å²) in [5.41, 5.74) is 1.51. The molecule has 0 saturated heterocycles. The van der Waals surface area contributed by atoms with E-state index in [0.29, 0.717) is 0 Å². The van der Waals surface area contributed by atoms with Gasteiger partial charge < -0.3 is 9.80 Å². The van der Waals surface area contributed by atoms with E-state index in [9.17, 15) is 0 Å². The average Bonchev–Trinajstić information content (AvgIpc) is 2.94. The summed E-state index contributed by atoms with van der Waals surface area (Å²) in [5.74, 6) is 0. The molecule has 0 bridgehead atoms. The van der Waals surface area contributed by atoms with Crippen molar-refractivity contribution in [2.24, 2.45) is 0 Å². The van der Waals surface area contributed by atoms with Crippen LogP contribution in [0.4, 0.5) is 0 Å². The van der Waals surface area contributed by atoms with Crippen molar-refractivity contribution >= 4 is 0 Å². The van der Waals surface area contributed by atoms with Crippen molar-refractivity contribution < 1.29 is 4.48 Å². The van der Waals surface area contributed by atoms with Crippen molar-refractivity contribution in [3.8, 4) is 0 Å². The number of hydrogen-bond donors (Lipinski definition) is 1. The van der Waals surface area contributed by atoms with Gasteiger partial charge in [0.15, 0.2) is 0 Å². The second-order valence-electron chi connectivity index (χ2n) is 12.3. The Morgan fingerprint density at radius 1 is 0.447 bits per heavy atom. The highest BCUT2D eigenvalue weighted by molar-refractivity contribution is 5.13. The Labute approximate surface area is 240 Å². The van der Waals surface area contributed by atoms with E-state index in [-0.39, 0.29) is 0 Å². The van der Waals surface area contributed by atoms with Crippen molar-refractivity contribution in [3.63, 3.8) is 0 Å². The van der Waals surface area contributed by atoms with E-state index >= 15 is 0 Å². The molecule has 0 atom stereocenters. The molecule has 0 fully saturated rings. The van der Waals surface area contributed by atoms with Crippen LogP contribution in [0.1, 0.15) is 161 Å². The summed E-state index contributed by atoms with van der Waals surface area (Å²) in [6, 6.07) is 11.2. The molecule has 2 heteroatoms. The second kappa shape index (κ2) is 26.4. The molecule has 0 spiro atoms. The SMILES string of the molecule is CCCCCCCCCCCCCCCCCCNCCC[N+](CCCC)(CCCC)Cc1ccccc1. The number of quaternary nitrogens is 1. The Morgan fingerprint density at radius 3 is 1.32 bits per heavy atom. The van der Waals surface area contributed by atoms with Gasteiger partial charge in [-0.2, -0.15) is 0 Å². The van der Waals surface area contributed by atoms with E-state index in [1.807, 2.05) is 0 Å². The van der Waals surface area contributed by atoms with E-state index in [0.717, 1.165) is 0 Å². The maximum Gasteiger partial charge on any atom is 0.104 e. The van der Waals surface area contributed by atoms with E-state index in [4.69, 9.17) is 0 Å². The van der Waals surface area contributed by atoms with Crippen LogP contribution in [0.5, 0.6) is 0 Å². The molecular weight excluding hydrogens is 460 g/mol. The van der Waals surface area contributed by atoms with E-state index in [2.05, 4.69) is 56.4 Å². The van der Waals surface area contributed by atoms with Gasteiger partial charge in [-0.1, -0.05) is 160 Å². The third-order valence-electron chi connectivity index (χ3n) is 8.53. The predicted octanol–water partition coefficient (Wildman–Crippen LogP) is 10.8. The number of rotatable bonds is 29. The Morgan fingerprint density at radius 2 is 0.842 bits per heavy atom. The summed E-state index contributed by atoms with van der Waals surface area (Å²) >= 11 is 0. The number of hydrogen-bond acceptors (Lipinski definition) is 1. The number of unbranched alkanes of at least 4 members (excludes halogenated alkanes) is 17. The third-order valence-corrected chi connectivity index (χ3v) is 8.53. The Bertz CT molecular complexity index is 576. The van der Waals surface area contributed by atoms with Crippen molar-refractivity contribution in [3.05, 3.63) is 35.9 Å². The lowest BCUT2D eigenvalue weighted by molar-refractivity contribution is -0.941. The molecule has 0 heterocycles. The molecule has 222 valence electrons. The molecule has 0 amide bonds. The molecule has 1 aromatic carbocycles. The fourth-order valence-electron chi connectivity index (χ4n) is 5.99. The summed E-state index contributed by atoms with van der Waals surface area (Å²) < 4.78 is 1.28. The van der Waals surface area contributed by atoms with Gasteiger partial charge >= 0.3 is 0 Å². The molecule has 0 radical (unpaired) electrons. The quantitative estimate of drug-likeness (QED) is 0.0803. The average molecular weight is 530 g/mol. The normalized spacial score (nSPS) is 11.9. The standard InChI is InChI=1S/C36H69N2/c1-4-7-10-11-12-13-14-15-16-17-18-19-20-21-22-26-30-37-31-27-34-38(32-8-5-2,33-9-6-3)35-36-28-24-23-25-29-36/h23-25,28-29,37H,4-22,26-27,30-35H2,1-3H3/q+1. The fourth-order valence-corrected chi connectivity index (χ4v) is 5.99. The Hall–Kier alpha value is -0.860. The molecule has 0 aliphatic heterocycles. The van der Waals surface area contributed by atoms with E-state index < -0.39 is 0 Å². The van der Waals surface area contributed by atoms with Gasteiger partial charge in [-0.25, -0.2) is 0 Å². The van der Waals surface area contributed by atoms with Gasteiger partial charge in [0.1, 0.15) is 6.54 Å². The van der Waals surface area contributed by atoms with Crippen molar-refractivity contribution in [2.45, 2.75) is 162 Å². The zero-order valence-electron chi connectivity index (χ0n) is 26.4. The fraction of sp³-hybridized carbons (Fsp3) is 0.833. The third kappa shape index (κ3) is 20.1. The smallest absolute Gasteiger partial charge is 0.104 e. The number of nitrogens with zero attached hydrogens (tertiary/aromatic N) is 1. The van der Waals surface area contributed by atoms with E-state index in [1.54, 1.807) is 0 Å². The van der Waals surface area contributed by atoms with Crippen LogP contribution in [-0.4, -0.2) is 37.2 Å². The van der Waals surface area contributed by atoms with Gasteiger partial charge in [0.25, 0.3) is 0 Å². The summed E-state index contributed by atoms with van der Waals surface area (Å²) in [4.78, 5) is 0. The summed E-state index contributed by atoms with van der Waals surface area (Å²) in [7, 11) is 0. The minimum Gasteiger partial charge on any atom is -0.320 e. The molecule has 38 heavy (non-hydrogen) atoms. The molecule has 1 rings (SSSR count). The maximum absolute atomic E-state index is 3.77. The highest BCUT2D eigenvalue weighted by Gasteiger charge is 2.26. The molecule has 2 nitrogen and oxygen atoms in total. The predicted molar refractivity (Wildman–Crippen MR) is 172 cm³/mol. The lowest BCUT2D eigenvalue weighted by Crippen LogP contribution is -2.50. The van der Waals surface area contributed by atoms with Crippen molar-refractivity contribution in [2.75, 3.05) is 32.7 Å². The first-order valence-corrected chi connectivity index (χ1v) is 17.4. The zero-order chi connectivity index (χ0) is 27.4. The first-order valence-electron chi connectivity index (χ1n) is 17.4. The summed E-state index contributed by atoms with van der Waals surface area (Å²) in [6.45, 7) is 14.6. The highest BCUT2D eigenvalue weighted by atomic mass is 15.3. The van der Waals surface area contributed by atoms with Gasteiger partial charge in [0, 0.05) is 18.5 Å². The van der Waals surface area contributed by atoms with Crippen LogP contribution in [0.2, 0.25) is 0 Å². The number of nitrogens with one attached hydrogen (secondary N) is 1. The Kier molecular flexibility index (Phi) is 24.4. The highest BCUT2D eigenvalue weighted by Crippen LogP contribution is 2.19. The lowest BCUT2D eigenvalue weighted by atomic mass is 10.0. The minimum absolute atomic E-state index is 1.19. The summed E-state index contributed by atoms with van der Waals surface area (Å²) in [5, 5.41) is 3.77. The monoisotopic (exact) mass is 530 g/mol. The minimum atomic E-state index is 1.19.